The lowest BCUT2D eigenvalue weighted by molar-refractivity contribution is 0.272. The SMILES string of the molecule is CCN(CCCCCCNC1CC1)Cc1ccncc1. The minimum Gasteiger partial charge on any atom is -0.314 e. The van der Waals surface area contributed by atoms with Crippen LogP contribution in [0.25, 0.3) is 0 Å². The summed E-state index contributed by atoms with van der Waals surface area (Å²) >= 11 is 0. The Morgan fingerprint density at radius 2 is 1.90 bits per heavy atom. The van der Waals surface area contributed by atoms with Crippen molar-refractivity contribution in [3.05, 3.63) is 30.1 Å². The van der Waals surface area contributed by atoms with Crippen LogP contribution in [-0.4, -0.2) is 35.6 Å². The Morgan fingerprint density at radius 3 is 2.60 bits per heavy atom. The molecule has 0 aliphatic heterocycles. The molecule has 0 unspecified atom stereocenters. The van der Waals surface area contributed by atoms with E-state index in [0.29, 0.717) is 0 Å². The molecule has 1 saturated carbocycles. The molecule has 1 N–H and O–H groups in total. The van der Waals surface area contributed by atoms with Crippen molar-refractivity contribution in [3.8, 4) is 0 Å². The molecule has 0 saturated heterocycles. The lowest BCUT2D eigenvalue weighted by atomic mass is 10.1. The van der Waals surface area contributed by atoms with E-state index in [-0.39, 0.29) is 0 Å². The second kappa shape index (κ2) is 9.09. The summed E-state index contributed by atoms with van der Waals surface area (Å²) in [6.45, 7) is 6.88. The van der Waals surface area contributed by atoms with Gasteiger partial charge in [0.15, 0.2) is 0 Å². The highest BCUT2D eigenvalue weighted by atomic mass is 15.1. The number of nitrogens with zero attached hydrogens (tertiary/aromatic N) is 2. The van der Waals surface area contributed by atoms with E-state index in [2.05, 4.69) is 34.3 Å². The molecule has 0 radical (unpaired) electrons. The summed E-state index contributed by atoms with van der Waals surface area (Å²) in [6.07, 6.45) is 12.0. The maximum Gasteiger partial charge on any atom is 0.0271 e. The number of pyridine rings is 1. The van der Waals surface area contributed by atoms with Gasteiger partial charge >= 0.3 is 0 Å². The molecule has 0 spiro atoms. The van der Waals surface area contributed by atoms with Crippen molar-refractivity contribution < 1.29 is 0 Å². The largest absolute Gasteiger partial charge is 0.314 e. The lowest BCUT2D eigenvalue weighted by Crippen LogP contribution is -2.24. The number of hydrogen-bond acceptors (Lipinski definition) is 3. The van der Waals surface area contributed by atoms with Crippen molar-refractivity contribution in [2.75, 3.05) is 19.6 Å². The first kappa shape index (κ1) is 15.5. The van der Waals surface area contributed by atoms with Crippen molar-refractivity contribution in [2.24, 2.45) is 0 Å². The molecule has 1 aliphatic carbocycles. The van der Waals surface area contributed by atoms with Crippen molar-refractivity contribution in [1.29, 1.82) is 0 Å². The van der Waals surface area contributed by atoms with Crippen molar-refractivity contribution in [3.63, 3.8) is 0 Å². The molecule has 1 aromatic heterocycles. The molecule has 2 rings (SSSR count). The summed E-state index contributed by atoms with van der Waals surface area (Å²) in [5.74, 6) is 0. The molecule has 20 heavy (non-hydrogen) atoms. The molecule has 0 aromatic carbocycles. The van der Waals surface area contributed by atoms with Crippen LogP contribution in [0.1, 0.15) is 51.0 Å². The second-order valence-electron chi connectivity index (χ2n) is 5.87. The highest BCUT2D eigenvalue weighted by Crippen LogP contribution is 2.18. The fourth-order valence-electron chi connectivity index (χ4n) is 2.50. The third kappa shape index (κ3) is 6.49. The molecule has 1 aliphatic rings. The zero-order chi connectivity index (χ0) is 14.0. The summed E-state index contributed by atoms with van der Waals surface area (Å²) < 4.78 is 0. The third-order valence-electron chi connectivity index (χ3n) is 4.01. The molecular weight excluding hydrogens is 246 g/mol. The van der Waals surface area contributed by atoms with Gasteiger partial charge in [-0.3, -0.25) is 9.88 Å². The van der Waals surface area contributed by atoms with E-state index in [1.165, 1.54) is 57.2 Å². The number of aromatic nitrogens is 1. The fourth-order valence-corrected chi connectivity index (χ4v) is 2.50. The Labute approximate surface area is 123 Å². The van der Waals surface area contributed by atoms with Gasteiger partial charge in [-0.05, 0) is 63.0 Å². The van der Waals surface area contributed by atoms with Gasteiger partial charge in [0.25, 0.3) is 0 Å². The van der Waals surface area contributed by atoms with Crippen LogP contribution in [0.3, 0.4) is 0 Å². The summed E-state index contributed by atoms with van der Waals surface area (Å²) in [4.78, 5) is 6.60. The molecule has 0 amide bonds. The van der Waals surface area contributed by atoms with Gasteiger partial charge < -0.3 is 5.32 Å². The second-order valence-corrected chi connectivity index (χ2v) is 5.87. The van der Waals surface area contributed by atoms with Crippen LogP contribution >= 0.6 is 0 Å². The highest BCUT2D eigenvalue weighted by Gasteiger charge is 2.19. The minimum atomic E-state index is 0.867. The molecule has 1 fully saturated rings. The quantitative estimate of drug-likeness (QED) is 0.629. The Morgan fingerprint density at radius 1 is 1.15 bits per heavy atom. The van der Waals surface area contributed by atoms with Crippen LogP contribution in [0.2, 0.25) is 0 Å². The van der Waals surface area contributed by atoms with E-state index >= 15 is 0 Å². The summed E-state index contributed by atoms with van der Waals surface area (Å²) in [6, 6.07) is 5.10. The van der Waals surface area contributed by atoms with Crippen molar-refractivity contribution >= 4 is 0 Å². The Balaban J connectivity index is 1.49. The number of rotatable bonds is 11. The van der Waals surface area contributed by atoms with E-state index < -0.39 is 0 Å². The fraction of sp³-hybridized carbons (Fsp3) is 0.706. The Bertz CT molecular complexity index is 349. The van der Waals surface area contributed by atoms with E-state index in [1.807, 2.05) is 12.4 Å². The van der Waals surface area contributed by atoms with Crippen LogP contribution in [0.5, 0.6) is 0 Å². The van der Waals surface area contributed by atoms with Gasteiger partial charge in [0, 0.05) is 25.0 Å². The summed E-state index contributed by atoms with van der Waals surface area (Å²) in [7, 11) is 0. The van der Waals surface area contributed by atoms with Gasteiger partial charge in [-0.1, -0.05) is 19.8 Å². The van der Waals surface area contributed by atoms with Gasteiger partial charge in [-0.15, -0.1) is 0 Å². The molecule has 0 bridgehead atoms. The normalized spacial score (nSPS) is 14.9. The first-order valence-corrected chi connectivity index (χ1v) is 8.23. The van der Waals surface area contributed by atoms with Gasteiger partial charge in [0.05, 0.1) is 0 Å². The van der Waals surface area contributed by atoms with Crippen LogP contribution < -0.4 is 5.32 Å². The summed E-state index contributed by atoms with van der Waals surface area (Å²) in [5.41, 5.74) is 1.37. The monoisotopic (exact) mass is 275 g/mol. The van der Waals surface area contributed by atoms with Crippen LogP contribution in [0, 0.1) is 0 Å². The van der Waals surface area contributed by atoms with E-state index in [9.17, 15) is 0 Å². The molecule has 1 aromatic rings. The van der Waals surface area contributed by atoms with E-state index in [1.54, 1.807) is 0 Å². The molecular formula is C17H29N3. The number of hydrogen-bond donors (Lipinski definition) is 1. The third-order valence-corrected chi connectivity index (χ3v) is 4.01. The highest BCUT2D eigenvalue weighted by molar-refractivity contribution is 5.09. The molecule has 3 heteroatoms. The van der Waals surface area contributed by atoms with Crippen molar-refractivity contribution in [1.82, 2.24) is 15.2 Å². The smallest absolute Gasteiger partial charge is 0.0271 e. The molecule has 1 heterocycles. The molecule has 0 atom stereocenters. The molecule has 3 nitrogen and oxygen atoms in total. The van der Waals surface area contributed by atoms with Gasteiger partial charge in [-0.25, -0.2) is 0 Å². The maximum absolute atomic E-state index is 4.07. The first-order chi connectivity index (χ1) is 9.88. The van der Waals surface area contributed by atoms with E-state index in [4.69, 9.17) is 0 Å². The van der Waals surface area contributed by atoms with Crippen LogP contribution in [0.15, 0.2) is 24.5 Å². The predicted molar refractivity (Wildman–Crippen MR) is 84.7 cm³/mol. The predicted octanol–water partition coefficient (Wildman–Crippen LogP) is 3.22. The Hall–Kier alpha value is -0.930. The zero-order valence-electron chi connectivity index (χ0n) is 12.9. The zero-order valence-corrected chi connectivity index (χ0v) is 12.9. The number of nitrogens with one attached hydrogen (secondary N) is 1. The standard InChI is InChI=1S/C17H29N3/c1-2-20(15-16-9-12-18-13-10-16)14-6-4-3-5-11-19-17-7-8-17/h9-10,12-13,17,19H,2-8,11,14-15H2,1H3. The Kier molecular flexibility index (Phi) is 7.02. The summed E-state index contributed by atoms with van der Waals surface area (Å²) in [5, 5.41) is 3.58. The average Bonchev–Trinajstić information content (AvgIpc) is 3.30. The van der Waals surface area contributed by atoms with Crippen LogP contribution in [-0.2, 0) is 6.54 Å². The lowest BCUT2D eigenvalue weighted by Gasteiger charge is -2.20. The maximum atomic E-state index is 4.07. The van der Waals surface area contributed by atoms with E-state index in [0.717, 1.165) is 19.1 Å². The topological polar surface area (TPSA) is 28.2 Å². The molecule has 112 valence electrons. The van der Waals surface area contributed by atoms with Gasteiger partial charge in [-0.2, -0.15) is 0 Å². The average molecular weight is 275 g/mol. The van der Waals surface area contributed by atoms with Crippen LogP contribution in [0.4, 0.5) is 0 Å². The van der Waals surface area contributed by atoms with Gasteiger partial charge in [0.1, 0.15) is 0 Å². The van der Waals surface area contributed by atoms with Gasteiger partial charge in [0.2, 0.25) is 0 Å². The van der Waals surface area contributed by atoms with Crippen molar-refractivity contribution in [2.45, 2.75) is 58.0 Å². The first-order valence-electron chi connectivity index (χ1n) is 8.23. The number of unbranched alkanes of at least 4 members (excludes halogenated alkanes) is 3. The minimum absolute atomic E-state index is 0.867.